The minimum absolute atomic E-state index is 0.0889. The summed E-state index contributed by atoms with van der Waals surface area (Å²) >= 11 is 0. The smallest absolute Gasteiger partial charge is 0.491 e. The molecule has 2 aromatic rings. The minimum atomic E-state index is -4.84. The predicted octanol–water partition coefficient (Wildman–Crippen LogP) is 3.62. The molecule has 0 atom stereocenters. The van der Waals surface area contributed by atoms with Gasteiger partial charge in [0, 0.05) is 0 Å². The van der Waals surface area contributed by atoms with Crippen LogP contribution >= 0.6 is 0 Å². The summed E-state index contributed by atoms with van der Waals surface area (Å²) in [5, 5.41) is 2.31. The Morgan fingerprint density at radius 1 is 0.960 bits per heavy atom. The third-order valence-electron chi connectivity index (χ3n) is 2.86. The van der Waals surface area contributed by atoms with Crippen molar-refractivity contribution in [1.82, 2.24) is 0 Å². The second-order valence-electron chi connectivity index (χ2n) is 4.81. The summed E-state index contributed by atoms with van der Waals surface area (Å²) in [6.45, 7) is 0.0760. The fourth-order valence-electron chi connectivity index (χ4n) is 1.87. The molecule has 25 heavy (non-hydrogen) atoms. The topological polar surface area (TPSA) is 56.8 Å². The molecule has 0 aliphatic rings. The summed E-state index contributed by atoms with van der Waals surface area (Å²) in [6.07, 6.45) is -4.84. The van der Waals surface area contributed by atoms with Gasteiger partial charge in [-0.25, -0.2) is 0 Å². The van der Waals surface area contributed by atoms with Crippen molar-refractivity contribution in [3.05, 3.63) is 54.6 Å². The van der Waals surface area contributed by atoms with Gasteiger partial charge in [0.15, 0.2) is 5.75 Å². The van der Waals surface area contributed by atoms with E-state index in [9.17, 15) is 18.0 Å². The molecule has 2 aromatic carbocycles. The van der Waals surface area contributed by atoms with Crippen LogP contribution in [-0.4, -0.2) is 32.1 Å². The number of carbonyl (C=O) groups excluding carboxylic acids is 1. The normalized spacial score (nSPS) is 11.0. The van der Waals surface area contributed by atoms with E-state index in [1.165, 1.54) is 18.2 Å². The first kappa shape index (κ1) is 18.6. The van der Waals surface area contributed by atoms with Gasteiger partial charge in [-0.3, -0.25) is 4.79 Å². The van der Waals surface area contributed by atoms with Crippen molar-refractivity contribution in [3.63, 3.8) is 0 Å². The van der Waals surface area contributed by atoms with Crippen molar-refractivity contribution in [1.29, 1.82) is 0 Å². The summed E-state index contributed by atoms with van der Waals surface area (Å²) in [5.74, 6) is -0.414. The molecule has 1 N–H and O–H groups in total. The number of halogens is 3. The Morgan fingerprint density at radius 3 is 2.36 bits per heavy atom. The van der Waals surface area contributed by atoms with Crippen LogP contribution in [0.3, 0.4) is 0 Å². The molecule has 5 nitrogen and oxygen atoms in total. The van der Waals surface area contributed by atoms with Gasteiger partial charge in [-0.05, 0) is 24.3 Å². The number of carbonyl (C=O) groups is 1. The van der Waals surface area contributed by atoms with Crippen LogP contribution in [-0.2, 0) is 9.53 Å². The highest BCUT2D eigenvalue weighted by molar-refractivity contribution is 5.93. The van der Waals surface area contributed by atoms with E-state index in [1.807, 2.05) is 18.2 Å². The highest BCUT2D eigenvalue weighted by atomic mass is 19.4. The first-order valence-electron chi connectivity index (χ1n) is 7.34. The number of amides is 1. The van der Waals surface area contributed by atoms with Crippen LogP contribution in [0.1, 0.15) is 0 Å². The van der Waals surface area contributed by atoms with Crippen molar-refractivity contribution in [3.8, 4) is 11.5 Å². The van der Waals surface area contributed by atoms with Gasteiger partial charge in [0.2, 0.25) is 5.91 Å². The zero-order valence-corrected chi connectivity index (χ0v) is 13.1. The van der Waals surface area contributed by atoms with Gasteiger partial charge in [0.1, 0.15) is 19.0 Å². The average molecular weight is 355 g/mol. The quantitative estimate of drug-likeness (QED) is 0.735. The molecule has 0 saturated heterocycles. The number of alkyl halides is 3. The Bertz CT molecular complexity index is 677. The fourth-order valence-corrected chi connectivity index (χ4v) is 1.87. The maximum atomic E-state index is 12.3. The maximum Gasteiger partial charge on any atom is 0.573 e. The average Bonchev–Trinajstić information content (AvgIpc) is 2.56. The Hall–Kier alpha value is -2.74. The van der Waals surface area contributed by atoms with E-state index in [2.05, 4.69) is 10.1 Å². The fraction of sp³-hybridized carbons (Fsp3) is 0.235. The van der Waals surface area contributed by atoms with Crippen molar-refractivity contribution in [2.45, 2.75) is 6.36 Å². The van der Waals surface area contributed by atoms with Crippen molar-refractivity contribution >= 4 is 11.6 Å². The number of hydrogen-bond donors (Lipinski definition) is 1. The molecule has 0 aromatic heterocycles. The van der Waals surface area contributed by atoms with Gasteiger partial charge >= 0.3 is 6.36 Å². The van der Waals surface area contributed by atoms with Crippen molar-refractivity contribution in [2.24, 2.45) is 0 Å². The Kier molecular flexibility index (Phi) is 6.64. The number of anilines is 1. The molecule has 0 saturated carbocycles. The third kappa shape index (κ3) is 7.13. The summed E-state index contributed by atoms with van der Waals surface area (Å²) < 4.78 is 51.3. The summed E-state index contributed by atoms with van der Waals surface area (Å²) in [5.41, 5.74) is -0.0889. The lowest BCUT2D eigenvalue weighted by Gasteiger charge is -2.14. The van der Waals surface area contributed by atoms with Gasteiger partial charge in [-0.1, -0.05) is 30.3 Å². The molecular formula is C17H16F3NO4. The lowest BCUT2D eigenvalue weighted by atomic mass is 10.3. The molecule has 0 fully saturated rings. The van der Waals surface area contributed by atoms with E-state index < -0.39 is 18.0 Å². The zero-order chi connectivity index (χ0) is 18.1. The van der Waals surface area contributed by atoms with E-state index >= 15 is 0 Å². The van der Waals surface area contributed by atoms with Gasteiger partial charge in [-0.15, -0.1) is 13.2 Å². The number of benzene rings is 2. The lowest BCUT2D eigenvalue weighted by Crippen LogP contribution is -2.22. The van der Waals surface area contributed by atoms with Crippen LogP contribution in [0.15, 0.2) is 54.6 Å². The maximum absolute atomic E-state index is 12.3. The van der Waals surface area contributed by atoms with E-state index in [0.29, 0.717) is 5.75 Å². The number of rotatable bonds is 8. The molecule has 0 bridgehead atoms. The summed E-state index contributed by atoms with van der Waals surface area (Å²) in [6, 6.07) is 14.3. The van der Waals surface area contributed by atoms with Crippen LogP contribution in [0.2, 0.25) is 0 Å². The van der Waals surface area contributed by atoms with E-state index in [4.69, 9.17) is 9.47 Å². The molecule has 0 unspecified atom stereocenters. The molecular weight excluding hydrogens is 339 g/mol. The molecule has 0 aliphatic heterocycles. The zero-order valence-electron chi connectivity index (χ0n) is 13.1. The highest BCUT2D eigenvalue weighted by Gasteiger charge is 2.32. The number of hydrogen-bond acceptors (Lipinski definition) is 4. The van der Waals surface area contributed by atoms with E-state index in [1.54, 1.807) is 12.1 Å². The van der Waals surface area contributed by atoms with Crippen LogP contribution in [0.5, 0.6) is 11.5 Å². The monoisotopic (exact) mass is 355 g/mol. The molecule has 8 heteroatoms. The van der Waals surface area contributed by atoms with Crippen molar-refractivity contribution in [2.75, 3.05) is 25.1 Å². The SMILES string of the molecule is O=C(COCCOc1ccccc1)Nc1ccccc1OC(F)(F)F. The van der Waals surface area contributed by atoms with Gasteiger partial charge < -0.3 is 19.5 Å². The van der Waals surface area contributed by atoms with Crippen LogP contribution in [0.25, 0.3) is 0 Å². The second kappa shape index (κ2) is 8.93. The lowest BCUT2D eigenvalue weighted by molar-refractivity contribution is -0.274. The largest absolute Gasteiger partial charge is 0.573 e. The molecule has 0 radical (unpaired) electrons. The summed E-state index contributed by atoms with van der Waals surface area (Å²) in [7, 11) is 0. The Morgan fingerprint density at radius 2 is 1.64 bits per heavy atom. The highest BCUT2D eigenvalue weighted by Crippen LogP contribution is 2.29. The Labute approximate surface area is 142 Å². The van der Waals surface area contributed by atoms with Crippen LogP contribution in [0, 0.1) is 0 Å². The molecule has 0 spiro atoms. The number of nitrogens with one attached hydrogen (secondary N) is 1. The Balaban J connectivity index is 1.73. The predicted molar refractivity (Wildman–Crippen MR) is 84.5 cm³/mol. The molecule has 2 rings (SSSR count). The number of para-hydroxylation sites is 3. The van der Waals surface area contributed by atoms with Crippen LogP contribution < -0.4 is 14.8 Å². The molecule has 134 valence electrons. The molecule has 0 aliphatic carbocycles. The first-order chi connectivity index (χ1) is 11.9. The van der Waals surface area contributed by atoms with Gasteiger partial charge in [0.25, 0.3) is 0 Å². The number of ether oxygens (including phenoxy) is 3. The molecule has 0 heterocycles. The van der Waals surface area contributed by atoms with Crippen molar-refractivity contribution < 1.29 is 32.2 Å². The second-order valence-corrected chi connectivity index (χ2v) is 4.81. The third-order valence-corrected chi connectivity index (χ3v) is 2.86. The first-order valence-corrected chi connectivity index (χ1v) is 7.34. The van der Waals surface area contributed by atoms with E-state index in [-0.39, 0.29) is 25.5 Å². The van der Waals surface area contributed by atoms with Crippen LogP contribution in [0.4, 0.5) is 18.9 Å². The minimum Gasteiger partial charge on any atom is -0.491 e. The van der Waals surface area contributed by atoms with Gasteiger partial charge in [0.05, 0.1) is 12.3 Å². The summed E-state index contributed by atoms with van der Waals surface area (Å²) in [4.78, 5) is 11.7. The van der Waals surface area contributed by atoms with E-state index in [0.717, 1.165) is 6.07 Å². The molecule has 1 amide bonds. The van der Waals surface area contributed by atoms with Gasteiger partial charge in [-0.2, -0.15) is 0 Å². The standard InChI is InChI=1S/C17H16F3NO4/c18-17(19,20)25-15-9-5-4-8-14(15)21-16(22)12-23-10-11-24-13-6-2-1-3-7-13/h1-9H,10-12H2,(H,21,22).